The Kier molecular flexibility index (Phi) is 7.23. The summed E-state index contributed by atoms with van der Waals surface area (Å²) in [5.74, 6) is -0.103. The molecule has 3 aromatic rings. The molecule has 1 aliphatic heterocycles. The predicted molar refractivity (Wildman–Crippen MR) is 126 cm³/mol. The van der Waals surface area contributed by atoms with Gasteiger partial charge in [-0.3, -0.25) is 14.4 Å². The van der Waals surface area contributed by atoms with Crippen molar-refractivity contribution in [1.82, 2.24) is 29.4 Å². The molecule has 2 aromatic heterocycles. The van der Waals surface area contributed by atoms with Crippen LogP contribution in [0.25, 0.3) is 5.69 Å². The summed E-state index contributed by atoms with van der Waals surface area (Å²) in [5.41, 5.74) is 3.37. The Morgan fingerprint density at radius 2 is 1.66 bits per heavy atom. The number of aryl methyl sites for hydroxylation is 2. The Balaban J connectivity index is 1.32. The molecule has 0 saturated carbocycles. The van der Waals surface area contributed by atoms with E-state index in [0.717, 1.165) is 28.3 Å². The highest BCUT2D eigenvalue weighted by molar-refractivity contribution is 6.31. The fourth-order valence-electron chi connectivity index (χ4n) is 4.39. The lowest BCUT2D eigenvalue weighted by Gasteiger charge is -2.35. The van der Waals surface area contributed by atoms with Crippen LogP contribution in [0.1, 0.15) is 34.8 Å². The smallest absolute Gasteiger partial charge is 0.340 e. The van der Waals surface area contributed by atoms with Crippen LogP contribution >= 0.6 is 11.6 Å². The minimum atomic E-state index is -4.62. The van der Waals surface area contributed by atoms with E-state index >= 15 is 0 Å². The van der Waals surface area contributed by atoms with Crippen LogP contribution in [-0.2, 0) is 24.1 Å². The average molecular weight is 509 g/mol. The number of carbonyl (C=O) groups is 1. The Labute approximate surface area is 207 Å². The van der Waals surface area contributed by atoms with E-state index in [9.17, 15) is 18.0 Å². The molecule has 0 radical (unpaired) electrons. The number of para-hydroxylation sites is 1. The Morgan fingerprint density at radius 1 is 1.00 bits per heavy atom. The second-order valence-corrected chi connectivity index (χ2v) is 9.15. The van der Waals surface area contributed by atoms with Crippen LogP contribution in [0.2, 0.25) is 5.02 Å². The van der Waals surface area contributed by atoms with Gasteiger partial charge >= 0.3 is 6.18 Å². The van der Waals surface area contributed by atoms with Gasteiger partial charge in [-0.2, -0.15) is 23.4 Å². The first-order valence-electron chi connectivity index (χ1n) is 11.5. The molecular formula is C24H28ClF3N6O. The van der Waals surface area contributed by atoms with Gasteiger partial charge in [-0.1, -0.05) is 29.8 Å². The highest BCUT2D eigenvalue weighted by atomic mass is 35.5. The Morgan fingerprint density at radius 3 is 2.26 bits per heavy atom. The predicted octanol–water partition coefficient (Wildman–Crippen LogP) is 4.40. The van der Waals surface area contributed by atoms with Crippen molar-refractivity contribution in [1.29, 1.82) is 0 Å². The van der Waals surface area contributed by atoms with E-state index in [-0.39, 0.29) is 24.6 Å². The number of benzene rings is 1. The van der Waals surface area contributed by atoms with Crippen molar-refractivity contribution in [3.63, 3.8) is 0 Å². The van der Waals surface area contributed by atoms with E-state index in [0.29, 0.717) is 26.2 Å². The number of hydrogen-bond acceptors (Lipinski definition) is 4. The topological polar surface area (TPSA) is 59.2 Å². The largest absolute Gasteiger partial charge is 0.436 e. The molecule has 1 amide bonds. The van der Waals surface area contributed by atoms with Gasteiger partial charge in [-0.25, -0.2) is 4.68 Å². The molecule has 11 heteroatoms. The zero-order valence-electron chi connectivity index (χ0n) is 19.9. The van der Waals surface area contributed by atoms with E-state index in [1.165, 1.54) is 12.5 Å². The lowest BCUT2D eigenvalue weighted by Crippen LogP contribution is -2.48. The molecule has 1 fully saturated rings. The number of carbonyl (C=O) groups excluding carboxylic acids is 1. The number of piperazine rings is 1. The summed E-state index contributed by atoms with van der Waals surface area (Å²) in [6, 6.07) is 9.99. The minimum Gasteiger partial charge on any atom is -0.340 e. The number of aromatic nitrogens is 4. The first-order chi connectivity index (χ1) is 16.6. The maximum atomic E-state index is 13.0. The SMILES string of the molecule is Cc1nn(-c2ccccc2)c(C)c1CN1CCN(C(=O)CCn2nc(C(F)(F)F)c(Cl)c2C)CC1. The van der Waals surface area contributed by atoms with Gasteiger partial charge < -0.3 is 4.90 Å². The second-order valence-electron chi connectivity index (χ2n) is 8.77. The van der Waals surface area contributed by atoms with Gasteiger partial charge in [0.15, 0.2) is 5.69 Å². The summed E-state index contributed by atoms with van der Waals surface area (Å²) in [4.78, 5) is 16.8. The fraction of sp³-hybridized carbons (Fsp3) is 0.458. The monoisotopic (exact) mass is 508 g/mol. The maximum absolute atomic E-state index is 13.0. The van der Waals surface area contributed by atoms with E-state index in [4.69, 9.17) is 16.7 Å². The van der Waals surface area contributed by atoms with Crippen molar-refractivity contribution in [2.24, 2.45) is 0 Å². The lowest BCUT2D eigenvalue weighted by molar-refractivity contribution is -0.141. The van der Waals surface area contributed by atoms with Crippen LogP contribution in [-0.4, -0.2) is 61.4 Å². The molecule has 0 bridgehead atoms. The number of amides is 1. The lowest BCUT2D eigenvalue weighted by atomic mass is 10.1. The molecule has 1 aliphatic rings. The number of nitrogens with zero attached hydrogens (tertiary/aromatic N) is 6. The molecular weight excluding hydrogens is 481 g/mol. The van der Waals surface area contributed by atoms with Gasteiger partial charge in [0.1, 0.15) is 0 Å². The number of hydrogen-bond donors (Lipinski definition) is 0. The van der Waals surface area contributed by atoms with Crippen molar-refractivity contribution >= 4 is 17.5 Å². The third-order valence-electron chi connectivity index (χ3n) is 6.49. The molecule has 1 saturated heterocycles. The van der Waals surface area contributed by atoms with Crippen molar-refractivity contribution in [3.8, 4) is 5.69 Å². The standard InChI is InChI=1S/C24H28ClF3N6O/c1-16-20(17(2)34(29-16)19-7-5-4-6-8-19)15-31-11-13-32(14-12-31)21(35)9-10-33-18(3)22(25)23(30-33)24(26,27)28/h4-8H,9-15H2,1-3H3. The zero-order chi connectivity index (χ0) is 25.3. The average Bonchev–Trinajstić information content (AvgIpc) is 3.28. The van der Waals surface area contributed by atoms with Crippen LogP contribution in [0.15, 0.2) is 30.3 Å². The number of rotatable bonds is 6. The molecule has 7 nitrogen and oxygen atoms in total. The zero-order valence-corrected chi connectivity index (χ0v) is 20.7. The van der Waals surface area contributed by atoms with E-state index in [1.54, 1.807) is 4.90 Å². The van der Waals surface area contributed by atoms with Crippen molar-refractivity contribution in [3.05, 3.63) is 63.7 Å². The van der Waals surface area contributed by atoms with Crippen molar-refractivity contribution in [2.75, 3.05) is 26.2 Å². The Hall–Kier alpha value is -2.85. The summed E-state index contributed by atoms with van der Waals surface area (Å²) in [5, 5.41) is 7.86. The summed E-state index contributed by atoms with van der Waals surface area (Å²) in [7, 11) is 0. The molecule has 0 atom stereocenters. The normalized spacial score (nSPS) is 15.1. The first kappa shape index (κ1) is 25.2. The summed E-state index contributed by atoms with van der Waals surface area (Å²) in [6.07, 6.45) is -4.56. The minimum absolute atomic E-state index is 0.0533. The van der Waals surface area contributed by atoms with Crippen LogP contribution < -0.4 is 0 Å². The number of alkyl halides is 3. The number of halogens is 4. The molecule has 35 heavy (non-hydrogen) atoms. The molecule has 0 spiro atoms. The van der Waals surface area contributed by atoms with Gasteiger partial charge in [-0.15, -0.1) is 0 Å². The van der Waals surface area contributed by atoms with Crippen LogP contribution in [0.3, 0.4) is 0 Å². The third kappa shape index (κ3) is 5.38. The van der Waals surface area contributed by atoms with Crippen molar-refractivity contribution < 1.29 is 18.0 Å². The van der Waals surface area contributed by atoms with Gasteiger partial charge in [0.25, 0.3) is 0 Å². The molecule has 0 aliphatic carbocycles. The highest BCUT2D eigenvalue weighted by Gasteiger charge is 2.38. The summed E-state index contributed by atoms with van der Waals surface area (Å²) < 4.78 is 42.2. The quantitative estimate of drug-likeness (QED) is 0.495. The highest BCUT2D eigenvalue weighted by Crippen LogP contribution is 2.35. The van der Waals surface area contributed by atoms with Crippen LogP contribution in [0, 0.1) is 20.8 Å². The van der Waals surface area contributed by atoms with Crippen LogP contribution in [0.4, 0.5) is 13.2 Å². The Bertz CT molecular complexity index is 1200. The first-order valence-corrected chi connectivity index (χ1v) is 11.8. The molecule has 1 aromatic carbocycles. The van der Waals surface area contributed by atoms with Crippen molar-refractivity contribution in [2.45, 2.75) is 46.5 Å². The van der Waals surface area contributed by atoms with Gasteiger partial charge in [0.05, 0.1) is 28.6 Å². The van der Waals surface area contributed by atoms with Crippen LogP contribution in [0.5, 0.6) is 0 Å². The molecule has 3 heterocycles. The third-order valence-corrected chi connectivity index (χ3v) is 6.94. The molecule has 0 unspecified atom stereocenters. The second kappa shape index (κ2) is 10.0. The van der Waals surface area contributed by atoms with Gasteiger partial charge in [0.2, 0.25) is 5.91 Å². The van der Waals surface area contributed by atoms with Gasteiger partial charge in [-0.05, 0) is 32.9 Å². The van der Waals surface area contributed by atoms with E-state index in [2.05, 4.69) is 16.9 Å². The van der Waals surface area contributed by atoms with Gasteiger partial charge in [0, 0.05) is 50.4 Å². The van der Waals surface area contributed by atoms with E-state index in [1.807, 2.05) is 41.9 Å². The summed E-state index contributed by atoms with van der Waals surface area (Å²) in [6.45, 7) is 8.91. The van der Waals surface area contributed by atoms with E-state index < -0.39 is 16.9 Å². The molecule has 0 N–H and O–H groups in total. The maximum Gasteiger partial charge on any atom is 0.436 e. The fourth-order valence-corrected chi connectivity index (χ4v) is 4.63. The summed E-state index contributed by atoms with van der Waals surface area (Å²) >= 11 is 5.79. The molecule has 4 rings (SSSR count). The molecule has 188 valence electrons.